The maximum absolute atomic E-state index is 12.4. The first kappa shape index (κ1) is 19.9. The highest BCUT2D eigenvalue weighted by molar-refractivity contribution is 5.98. The van der Waals surface area contributed by atoms with Crippen LogP contribution < -0.4 is 21.4 Å². The second-order valence-corrected chi connectivity index (χ2v) is 6.40. The number of benzene rings is 1. The van der Waals surface area contributed by atoms with E-state index in [4.69, 9.17) is 0 Å². The number of hydrogen-bond acceptors (Lipinski definition) is 4. The largest absolute Gasteiger partial charge is 0.360 e. The lowest BCUT2D eigenvalue weighted by atomic mass is 10.0. The number of nitrogens with one attached hydrogen (secondary N) is 4. The predicted octanol–water partition coefficient (Wildman–Crippen LogP) is 0.936. The Morgan fingerprint density at radius 3 is 2.81 bits per heavy atom. The summed E-state index contributed by atoms with van der Waals surface area (Å²) in [6, 6.07) is 7.47. The van der Waals surface area contributed by atoms with Crippen LogP contribution in [0, 0.1) is 0 Å². The Morgan fingerprint density at radius 1 is 1.27 bits per heavy atom. The van der Waals surface area contributed by atoms with Crippen molar-refractivity contribution in [3.63, 3.8) is 0 Å². The van der Waals surface area contributed by atoms with Gasteiger partial charge >= 0.3 is 0 Å². The highest BCUT2D eigenvalue weighted by Crippen LogP contribution is 2.08. The summed E-state index contributed by atoms with van der Waals surface area (Å²) in [5.41, 5.74) is 0.322. The van der Waals surface area contributed by atoms with Gasteiger partial charge in [0, 0.05) is 29.2 Å². The van der Waals surface area contributed by atoms with Crippen molar-refractivity contribution >= 4 is 35.1 Å². The SMILES string of the molecule is CC1CC(NC(=O)CNC(=O)c2c[nH]c3ccccc3c2=O)CCN1.Cl. The van der Waals surface area contributed by atoms with Crippen LogP contribution in [-0.4, -0.2) is 42.0 Å². The molecule has 2 atom stereocenters. The third-order valence-electron chi connectivity index (χ3n) is 4.43. The topological polar surface area (TPSA) is 103 Å². The normalized spacial score (nSPS) is 19.4. The summed E-state index contributed by atoms with van der Waals surface area (Å²) in [5, 5.41) is 9.21. The van der Waals surface area contributed by atoms with Crippen LogP contribution in [-0.2, 0) is 4.79 Å². The van der Waals surface area contributed by atoms with Gasteiger partial charge in [0.2, 0.25) is 11.3 Å². The third kappa shape index (κ3) is 4.62. The van der Waals surface area contributed by atoms with E-state index in [9.17, 15) is 14.4 Å². The molecule has 0 radical (unpaired) electrons. The zero-order valence-electron chi connectivity index (χ0n) is 14.5. The molecule has 3 rings (SSSR count). The number of aromatic amines is 1. The van der Waals surface area contributed by atoms with Gasteiger partial charge in [0.05, 0.1) is 6.54 Å². The number of amides is 2. The Bertz CT molecular complexity index is 852. The highest BCUT2D eigenvalue weighted by atomic mass is 35.5. The fraction of sp³-hybridized carbons (Fsp3) is 0.389. The molecule has 0 spiro atoms. The standard InChI is InChI=1S/C18H22N4O3.ClH/c1-11-8-12(6-7-19-11)22-16(23)10-21-18(25)14-9-20-15-5-3-2-4-13(15)17(14)24;/h2-5,9,11-12,19H,6-8,10H2,1H3,(H,20,24)(H,21,25)(H,22,23);1H. The lowest BCUT2D eigenvalue weighted by Crippen LogP contribution is -2.49. The molecule has 26 heavy (non-hydrogen) atoms. The van der Waals surface area contributed by atoms with Crippen LogP contribution in [0.3, 0.4) is 0 Å². The van der Waals surface area contributed by atoms with Gasteiger partial charge in [-0.1, -0.05) is 12.1 Å². The van der Waals surface area contributed by atoms with Crippen molar-refractivity contribution in [2.75, 3.05) is 13.1 Å². The first-order chi connectivity index (χ1) is 12.0. The Kier molecular flexibility index (Phi) is 6.76. The third-order valence-corrected chi connectivity index (χ3v) is 4.43. The van der Waals surface area contributed by atoms with E-state index in [1.807, 2.05) is 6.07 Å². The fourth-order valence-electron chi connectivity index (χ4n) is 3.13. The van der Waals surface area contributed by atoms with Gasteiger partial charge in [0.15, 0.2) is 0 Å². The molecule has 1 aromatic carbocycles. The van der Waals surface area contributed by atoms with Crippen LogP contribution >= 0.6 is 12.4 Å². The fourth-order valence-corrected chi connectivity index (χ4v) is 3.13. The van der Waals surface area contributed by atoms with Gasteiger partial charge in [-0.2, -0.15) is 0 Å². The van der Waals surface area contributed by atoms with Crippen molar-refractivity contribution in [3.05, 3.63) is 46.2 Å². The second-order valence-electron chi connectivity index (χ2n) is 6.40. The maximum atomic E-state index is 12.4. The number of fused-ring (bicyclic) bond motifs is 1. The van der Waals surface area contributed by atoms with Crippen molar-refractivity contribution in [2.45, 2.75) is 31.8 Å². The lowest BCUT2D eigenvalue weighted by Gasteiger charge is -2.28. The van der Waals surface area contributed by atoms with Gasteiger partial charge in [-0.3, -0.25) is 14.4 Å². The van der Waals surface area contributed by atoms with Crippen molar-refractivity contribution in [1.82, 2.24) is 20.9 Å². The number of hydrogen-bond donors (Lipinski definition) is 4. The van der Waals surface area contributed by atoms with E-state index in [0.29, 0.717) is 16.9 Å². The Hall–Kier alpha value is -2.38. The van der Waals surface area contributed by atoms with Gasteiger partial charge in [0.1, 0.15) is 5.56 Å². The zero-order valence-corrected chi connectivity index (χ0v) is 15.3. The molecule has 4 N–H and O–H groups in total. The van der Waals surface area contributed by atoms with Crippen molar-refractivity contribution in [1.29, 1.82) is 0 Å². The van der Waals surface area contributed by atoms with E-state index in [0.717, 1.165) is 19.4 Å². The van der Waals surface area contributed by atoms with Crippen LogP contribution in [0.25, 0.3) is 10.9 Å². The van der Waals surface area contributed by atoms with Gasteiger partial charge < -0.3 is 20.9 Å². The van der Waals surface area contributed by atoms with E-state index in [-0.39, 0.29) is 41.9 Å². The molecular formula is C18H23ClN4O3. The molecule has 1 aromatic heterocycles. The molecule has 8 heteroatoms. The van der Waals surface area contributed by atoms with Gasteiger partial charge in [-0.05, 0) is 38.4 Å². The molecule has 2 amide bonds. The number of para-hydroxylation sites is 1. The van der Waals surface area contributed by atoms with Crippen LogP contribution in [0.15, 0.2) is 35.3 Å². The number of carbonyl (C=O) groups is 2. The summed E-state index contributed by atoms with van der Waals surface area (Å²) in [6.07, 6.45) is 3.12. The molecular weight excluding hydrogens is 356 g/mol. The number of pyridine rings is 1. The van der Waals surface area contributed by atoms with Gasteiger partial charge in [-0.15, -0.1) is 12.4 Å². The van der Waals surface area contributed by atoms with Crippen molar-refractivity contribution in [3.8, 4) is 0 Å². The first-order valence-electron chi connectivity index (χ1n) is 8.46. The zero-order chi connectivity index (χ0) is 17.8. The molecule has 1 aliphatic heterocycles. The molecule has 140 valence electrons. The molecule has 1 fully saturated rings. The van der Waals surface area contributed by atoms with Gasteiger partial charge in [-0.25, -0.2) is 0 Å². The first-order valence-corrected chi connectivity index (χ1v) is 8.46. The van der Waals surface area contributed by atoms with Gasteiger partial charge in [0.25, 0.3) is 5.91 Å². The Balaban J connectivity index is 0.00000243. The number of rotatable bonds is 4. The van der Waals surface area contributed by atoms with E-state index >= 15 is 0 Å². The molecule has 0 aliphatic carbocycles. The summed E-state index contributed by atoms with van der Waals surface area (Å²) in [7, 11) is 0. The minimum Gasteiger partial charge on any atom is -0.360 e. The number of piperidine rings is 1. The molecule has 2 unspecified atom stereocenters. The molecule has 0 saturated carbocycles. The average Bonchev–Trinajstić information content (AvgIpc) is 2.60. The molecule has 1 saturated heterocycles. The van der Waals surface area contributed by atoms with Crippen molar-refractivity contribution in [2.24, 2.45) is 0 Å². The Morgan fingerprint density at radius 2 is 2.04 bits per heavy atom. The van der Waals surface area contributed by atoms with Crippen LogP contribution in [0.5, 0.6) is 0 Å². The minimum absolute atomic E-state index is 0. The van der Waals surface area contributed by atoms with E-state index in [1.165, 1.54) is 6.20 Å². The number of carbonyl (C=O) groups excluding carboxylic acids is 2. The average molecular weight is 379 g/mol. The highest BCUT2D eigenvalue weighted by Gasteiger charge is 2.20. The summed E-state index contributed by atoms with van der Waals surface area (Å²) >= 11 is 0. The molecule has 1 aliphatic rings. The van der Waals surface area contributed by atoms with E-state index in [2.05, 4.69) is 27.9 Å². The number of aromatic nitrogens is 1. The Labute approximate surface area is 157 Å². The van der Waals surface area contributed by atoms with E-state index in [1.54, 1.807) is 18.2 Å². The molecule has 2 heterocycles. The lowest BCUT2D eigenvalue weighted by molar-refractivity contribution is -0.121. The maximum Gasteiger partial charge on any atom is 0.257 e. The summed E-state index contributed by atoms with van der Waals surface area (Å²) in [6.45, 7) is 2.79. The summed E-state index contributed by atoms with van der Waals surface area (Å²) in [4.78, 5) is 39.6. The monoisotopic (exact) mass is 378 g/mol. The molecule has 2 aromatic rings. The number of halogens is 1. The van der Waals surface area contributed by atoms with Crippen LogP contribution in [0.2, 0.25) is 0 Å². The van der Waals surface area contributed by atoms with Crippen LogP contribution in [0.1, 0.15) is 30.1 Å². The smallest absolute Gasteiger partial charge is 0.257 e. The van der Waals surface area contributed by atoms with E-state index < -0.39 is 5.91 Å². The molecule has 0 bridgehead atoms. The summed E-state index contributed by atoms with van der Waals surface area (Å²) in [5.74, 6) is -0.800. The predicted molar refractivity (Wildman–Crippen MR) is 103 cm³/mol. The quantitative estimate of drug-likeness (QED) is 0.635. The van der Waals surface area contributed by atoms with Crippen LogP contribution in [0.4, 0.5) is 0 Å². The second kappa shape index (κ2) is 8.82. The summed E-state index contributed by atoms with van der Waals surface area (Å²) < 4.78 is 0. The minimum atomic E-state index is -0.555. The number of H-pyrrole nitrogens is 1. The van der Waals surface area contributed by atoms with Crippen molar-refractivity contribution < 1.29 is 9.59 Å². The molecule has 7 nitrogen and oxygen atoms in total.